The molecule has 0 aliphatic heterocycles. The van der Waals surface area contributed by atoms with E-state index in [0.717, 1.165) is 11.1 Å². The Morgan fingerprint density at radius 1 is 1.17 bits per heavy atom. The molecule has 0 aliphatic rings. The summed E-state index contributed by atoms with van der Waals surface area (Å²) in [7, 11) is 1.60. The van der Waals surface area contributed by atoms with Crippen LogP contribution in [-0.2, 0) is 4.74 Å². The Hall–Kier alpha value is -2.59. The van der Waals surface area contributed by atoms with Crippen LogP contribution in [-0.4, -0.2) is 31.3 Å². The van der Waals surface area contributed by atoms with Crippen molar-refractivity contribution in [3.8, 4) is 5.75 Å². The fraction of sp³-hybridized carbons (Fsp3) is 0.211. The van der Waals surface area contributed by atoms with Crippen LogP contribution in [0.1, 0.15) is 17.2 Å². The van der Waals surface area contributed by atoms with E-state index in [-0.39, 0.29) is 6.61 Å². The minimum absolute atomic E-state index is 0.111. The number of methoxy groups -OCH3 is 1. The molecule has 1 N–H and O–H groups in total. The van der Waals surface area contributed by atoms with E-state index < -0.39 is 6.04 Å². The Morgan fingerprint density at radius 2 is 1.87 bits per heavy atom. The van der Waals surface area contributed by atoms with E-state index in [0.29, 0.717) is 18.3 Å². The minimum atomic E-state index is -0.402. The molecule has 2 aromatic carbocycles. The average molecular weight is 311 g/mol. The zero-order valence-electron chi connectivity index (χ0n) is 13.2. The van der Waals surface area contributed by atoms with Crippen molar-refractivity contribution >= 4 is 5.90 Å². The zero-order valence-corrected chi connectivity index (χ0v) is 13.2. The number of nitrogens with zero attached hydrogens (tertiary/aromatic N) is 1. The molecule has 0 radical (unpaired) electrons. The molecule has 0 saturated carbocycles. The summed E-state index contributed by atoms with van der Waals surface area (Å²) in [5.41, 5.74) is 1.66. The molecule has 23 heavy (non-hydrogen) atoms. The number of para-hydroxylation sites is 1. The lowest BCUT2D eigenvalue weighted by molar-refractivity contribution is 0.264. The van der Waals surface area contributed by atoms with Crippen molar-refractivity contribution < 1.29 is 14.6 Å². The molecule has 0 saturated heterocycles. The third-order valence-electron chi connectivity index (χ3n) is 3.31. The number of rotatable bonds is 7. The van der Waals surface area contributed by atoms with E-state index >= 15 is 0 Å². The summed E-state index contributed by atoms with van der Waals surface area (Å²) in [6.45, 7) is 3.88. The van der Waals surface area contributed by atoms with Crippen LogP contribution in [0.2, 0.25) is 0 Å². The van der Waals surface area contributed by atoms with Gasteiger partial charge in [-0.25, -0.2) is 4.99 Å². The summed E-state index contributed by atoms with van der Waals surface area (Å²) in [5, 5.41) is 9.71. The molecule has 0 amide bonds. The molecule has 0 unspecified atom stereocenters. The summed E-state index contributed by atoms with van der Waals surface area (Å²) in [6, 6.07) is 16.7. The van der Waals surface area contributed by atoms with Crippen LogP contribution in [0.25, 0.3) is 0 Å². The summed E-state index contributed by atoms with van der Waals surface area (Å²) >= 11 is 0. The Bertz CT molecular complexity index is 653. The van der Waals surface area contributed by atoms with Crippen molar-refractivity contribution in [2.45, 2.75) is 6.04 Å². The molecule has 0 aliphatic carbocycles. The largest absolute Gasteiger partial charge is 0.496 e. The minimum Gasteiger partial charge on any atom is -0.496 e. The van der Waals surface area contributed by atoms with Gasteiger partial charge >= 0.3 is 0 Å². The molecule has 120 valence electrons. The van der Waals surface area contributed by atoms with E-state index in [1.54, 1.807) is 13.2 Å². The van der Waals surface area contributed by atoms with Crippen molar-refractivity contribution in [1.82, 2.24) is 0 Å². The summed E-state index contributed by atoms with van der Waals surface area (Å²) < 4.78 is 11.1. The first-order chi connectivity index (χ1) is 11.3. The van der Waals surface area contributed by atoms with Crippen LogP contribution >= 0.6 is 0 Å². The highest BCUT2D eigenvalue weighted by atomic mass is 16.5. The maximum absolute atomic E-state index is 9.71. The third-order valence-corrected chi connectivity index (χ3v) is 3.31. The molecule has 4 heteroatoms. The van der Waals surface area contributed by atoms with Gasteiger partial charge in [0.15, 0.2) is 0 Å². The van der Waals surface area contributed by atoms with E-state index in [4.69, 9.17) is 9.47 Å². The molecule has 4 nitrogen and oxygen atoms in total. The summed E-state index contributed by atoms with van der Waals surface area (Å²) in [5.74, 6) is 1.09. The number of hydrogen-bond acceptors (Lipinski definition) is 4. The van der Waals surface area contributed by atoms with E-state index in [9.17, 15) is 5.11 Å². The quantitative estimate of drug-likeness (QED) is 0.484. The summed E-state index contributed by atoms with van der Waals surface area (Å²) in [6.07, 6.45) is 1.65. The van der Waals surface area contributed by atoms with Crippen molar-refractivity contribution in [1.29, 1.82) is 0 Å². The topological polar surface area (TPSA) is 51.0 Å². The van der Waals surface area contributed by atoms with Gasteiger partial charge in [0.2, 0.25) is 5.90 Å². The van der Waals surface area contributed by atoms with Gasteiger partial charge in [-0.1, -0.05) is 55.1 Å². The molecule has 0 bridgehead atoms. The number of aliphatic hydroxyl groups is 1. The lowest BCUT2D eigenvalue weighted by atomic mass is 10.1. The second-order valence-electron chi connectivity index (χ2n) is 4.84. The van der Waals surface area contributed by atoms with E-state index in [1.807, 2.05) is 54.6 Å². The lowest BCUT2D eigenvalue weighted by Crippen LogP contribution is -2.13. The van der Waals surface area contributed by atoms with Gasteiger partial charge in [0.1, 0.15) is 18.4 Å². The van der Waals surface area contributed by atoms with Crippen LogP contribution < -0.4 is 4.74 Å². The molecule has 0 heterocycles. The predicted octanol–water partition coefficient (Wildman–Crippen LogP) is 3.38. The van der Waals surface area contributed by atoms with Crippen molar-refractivity contribution in [3.05, 3.63) is 78.4 Å². The van der Waals surface area contributed by atoms with E-state index in [1.165, 1.54) is 0 Å². The standard InChI is InChI=1S/C19H21NO3/c1-3-13-23-19(16-11-7-8-12-18(16)22-2)20-17(14-21)15-9-5-4-6-10-15/h3-12,17,21H,1,13-14H2,2H3/t17-/m1/s1. The average Bonchev–Trinajstić information content (AvgIpc) is 2.63. The maximum atomic E-state index is 9.71. The fourth-order valence-corrected chi connectivity index (χ4v) is 2.18. The first-order valence-electron chi connectivity index (χ1n) is 7.40. The van der Waals surface area contributed by atoms with Crippen LogP contribution in [0.15, 0.2) is 72.2 Å². The van der Waals surface area contributed by atoms with Gasteiger partial charge in [0, 0.05) is 0 Å². The monoisotopic (exact) mass is 311 g/mol. The highest BCUT2D eigenvalue weighted by molar-refractivity contribution is 5.97. The van der Waals surface area contributed by atoms with Crippen LogP contribution in [0, 0.1) is 0 Å². The number of ether oxygens (including phenoxy) is 2. The second kappa shape index (κ2) is 8.76. The number of aliphatic imine (C=N–C) groups is 1. The smallest absolute Gasteiger partial charge is 0.220 e. The molecule has 2 aromatic rings. The van der Waals surface area contributed by atoms with Gasteiger partial charge in [-0.3, -0.25) is 0 Å². The van der Waals surface area contributed by atoms with E-state index in [2.05, 4.69) is 11.6 Å². The fourth-order valence-electron chi connectivity index (χ4n) is 2.18. The van der Waals surface area contributed by atoms with Gasteiger partial charge in [0.25, 0.3) is 0 Å². The normalized spacial score (nSPS) is 12.5. The van der Waals surface area contributed by atoms with Gasteiger partial charge < -0.3 is 14.6 Å². The maximum Gasteiger partial charge on any atom is 0.220 e. The van der Waals surface area contributed by atoms with Crippen LogP contribution in [0.3, 0.4) is 0 Å². The molecule has 1 atom stereocenters. The van der Waals surface area contributed by atoms with Crippen molar-refractivity contribution in [3.63, 3.8) is 0 Å². The predicted molar refractivity (Wildman–Crippen MR) is 91.9 cm³/mol. The van der Waals surface area contributed by atoms with Crippen molar-refractivity contribution in [2.24, 2.45) is 4.99 Å². The highest BCUT2D eigenvalue weighted by Crippen LogP contribution is 2.23. The van der Waals surface area contributed by atoms with Crippen molar-refractivity contribution in [2.75, 3.05) is 20.3 Å². The second-order valence-corrected chi connectivity index (χ2v) is 4.84. The molecule has 0 spiro atoms. The highest BCUT2D eigenvalue weighted by Gasteiger charge is 2.15. The molecule has 2 rings (SSSR count). The van der Waals surface area contributed by atoms with Gasteiger partial charge in [-0.2, -0.15) is 0 Å². The third kappa shape index (κ3) is 4.44. The van der Waals surface area contributed by atoms with Crippen LogP contribution in [0.5, 0.6) is 5.75 Å². The van der Waals surface area contributed by atoms with Gasteiger partial charge in [-0.05, 0) is 17.7 Å². The Morgan fingerprint density at radius 3 is 2.52 bits per heavy atom. The Balaban J connectivity index is 2.42. The molecule has 0 aromatic heterocycles. The Labute approximate surface area is 136 Å². The van der Waals surface area contributed by atoms with Gasteiger partial charge in [0.05, 0.1) is 19.3 Å². The first kappa shape index (κ1) is 16.8. The van der Waals surface area contributed by atoms with Crippen LogP contribution in [0.4, 0.5) is 0 Å². The molecule has 0 fully saturated rings. The Kier molecular flexibility index (Phi) is 6.39. The number of aliphatic hydroxyl groups excluding tert-OH is 1. The number of benzene rings is 2. The number of hydrogen-bond donors (Lipinski definition) is 1. The first-order valence-corrected chi connectivity index (χ1v) is 7.40. The molecular formula is C19H21NO3. The molecular weight excluding hydrogens is 290 g/mol. The summed E-state index contributed by atoms with van der Waals surface area (Å²) in [4.78, 5) is 4.60. The van der Waals surface area contributed by atoms with Gasteiger partial charge in [-0.15, -0.1) is 0 Å². The zero-order chi connectivity index (χ0) is 16.5. The SMILES string of the molecule is C=CCOC(=N[C@H](CO)c1ccccc1)c1ccccc1OC. The lowest BCUT2D eigenvalue weighted by Gasteiger charge is -2.15.